The number of carbonyl (C=O) groups excluding carboxylic acids is 1. The molecule has 0 heterocycles. The molecule has 0 aliphatic rings. The standard InChI is InChI=1S/C20H21F3N2O/c1-25(2)13-12-15-6-9-18(10-7-15)24-19(26)11-8-16-4-3-5-17(14-16)20(21,22)23/h3-11,14H,12-13H2,1-2H3,(H,24,26)/b11-8+. The molecule has 3 nitrogen and oxygen atoms in total. The number of likely N-dealkylation sites (N-methyl/N-ethyl adjacent to an activating group) is 1. The molecule has 0 spiro atoms. The van der Waals surface area contributed by atoms with E-state index in [4.69, 9.17) is 0 Å². The summed E-state index contributed by atoms with van der Waals surface area (Å²) < 4.78 is 38.0. The Morgan fingerprint density at radius 3 is 2.42 bits per heavy atom. The SMILES string of the molecule is CN(C)CCc1ccc(NC(=O)/C=C/c2cccc(C(F)(F)F)c2)cc1. The Morgan fingerprint density at radius 2 is 1.81 bits per heavy atom. The van der Waals surface area contributed by atoms with Gasteiger partial charge in [-0.15, -0.1) is 0 Å². The first-order chi connectivity index (χ1) is 12.2. The van der Waals surface area contributed by atoms with Crippen LogP contribution in [-0.2, 0) is 17.4 Å². The number of hydrogen-bond acceptors (Lipinski definition) is 2. The monoisotopic (exact) mass is 362 g/mol. The molecule has 0 aliphatic carbocycles. The second-order valence-electron chi connectivity index (χ2n) is 6.20. The molecule has 1 amide bonds. The summed E-state index contributed by atoms with van der Waals surface area (Å²) in [6, 6.07) is 12.3. The van der Waals surface area contributed by atoms with Crippen LogP contribution in [0.1, 0.15) is 16.7 Å². The fraction of sp³-hybridized carbons (Fsp3) is 0.250. The minimum Gasteiger partial charge on any atom is -0.323 e. The van der Waals surface area contributed by atoms with E-state index in [1.165, 1.54) is 24.3 Å². The lowest BCUT2D eigenvalue weighted by atomic mass is 10.1. The predicted molar refractivity (Wildman–Crippen MR) is 97.8 cm³/mol. The quantitative estimate of drug-likeness (QED) is 0.770. The number of nitrogens with zero attached hydrogens (tertiary/aromatic N) is 1. The lowest BCUT2D eigenvalue weighted by Gasteiger charge is -2.09. The molecule has 26 heavy (non-hydrogen) atoms. The van der Waals surface area contributed by atoms with Crippen molar-refractivity contribution in [3.8, 4) is 0 Å². The number of rotatable bonds is 6. The van der Waals surface area contributed by atoms with E-state index in [9.17, 15) is 18.0 Å². The van der Waals surface area contributed by atoms with E-state index in [-0.39, 0.29) is 0 Å². The van der Waals surface area contributed by atoms with Crippen molar-refractivity contribution in [3.05, 3.63) is 71.3 Å². The normalized spacial score (nSPS) is 11.9. The molecule has 0 fully saturated rings. The highest BCUT2D eigenvalue weighted by molar-refractivity contribution is 6.01. The van der Waals surface area contributed by atoms with Crippen molar-refractivity contribution >= 4 is 17.7 Å². The Kier molecular flexibility index (Phi) is 6.58. The molecule has 0 bridgehead atoms. The summed E-state index contributed by atoms with van der Waals surface area (Å²) >= 11 is 0. The van der Waals surface area contributed by atoms with Gasteiger partial charge in [-0.1, -0.05) is 24.3 Å². The Labute approximate surface area is 151 Å². The summed E-state index contributed by atoms with van der Waals surface area (Å²) in [7, 11) is 4.01. The number of halogens is 3. The lowest BCUT2D eigenvalue weighted by molar-refractivity contribution is -0.137. The minimum absolute atomic E-state index is 0.314. The highest BCUT2D eigenvalue weighted by Gasteiger charge is 2.30. The van der Waals surface area contributed by atoms with E-state index in [0.29, 0.717) is 11.3 Å². The Morgan fingerprint density at radius 1 is 1.12 bits per heavy atom. The first kappa shape index (κ1) is 19.7. The number of anilines is 1. The summed E-state index contributed by atoms with van der Waals surface area (Å²) in [4.78, 5) is 14.0. The molecule has 0 atom stereocenters. The number of nitrogens with one attached hydrogen (secondary N) is 1. The van der Waals surface area contributed by atoms with Gasteiger partial charge in [0.2, 0.25) is 5.91 Å². The van der Waals surface area contributed by atoms with Crippen molar-refractivity contribution in [1.82, 2.24) is 4.90 Å². The van der Waals surface area contributed by atoms with Crippen molar-refractivity contribution in [3.63, 3.8) is 0 Å². The molecule has 2 aromatic rings. The van der Waals surface area contributed by atoms with Crippen molar-refractivity contribution in [1.29, 1.82) is 0 Å². The van der Waals surface area contributed by atoms with Crippen LogP contribution in [-0.4, -0.2) is 31.4 Å². The van der Waals surface area contributed by atoms with Gasteiger partial charge in [0.25, 0.3) is 0 Å². The summed E-state index contributed by atoms with van der Waals surface area (Å²) in [6.07, 6.45) is -0.914. The average molecular weight is 362 g/mol. The predicted octanol–water partition coefficient (Wildman–Crippen LogP) is 4.46. The van der Waals surface area contributed by atoms with Crippen LogP contribution in [0, 0.1) is 0 Å². The van der Waals surface area contributed by atoms with Crippen molar-refractivity contribution in [2.24, 2.45) is 0 Å². The topological polar surface area (TPSA) is 32.3 Å². The van der Waals surface area contributed by atoms with Gasteiger partial charge in [-0.3, -0.25) is 4.79 Å². The van der Waals surface area contributed by atoms with Gasteiger partial charge in [-0.05, 0) is 62.0 Å². The fourth-order valence-corrected chi connectivity index (χ4v) is 2.28. The molecule has 0 radical (unpaired) electrons. The van der Waals surface area contributed by atoms with Gasteiger partial charge in [0.1, 0.15) is 0 Å². The van der Waals surface area contributed by atoms with Crippen LogP contribution >= 0.6 is 0 Å². The zero-order valence-corrected chi connectivity index (χ0v) is 14.7. The van der Waals surface area contributed by atoms with Gasteiger partial charge in [-0.2, -0.15) is 13.2 Å². The molecule has 2 rings (SSSR count). The Balaban J connectivity index is 1.95. The van der Waals surface area contributed by atoms with Gasteiger partial charge in [0.15, 0.2) is 0 Å². The number of benzene rings is 2. The van der Waals surface area contributed by atoms with Crippen LogP contribution in [0.15, 0.2) is 54.6 Å². The van der Waals surface area contributed by atoms with E-state index in [1.54, 1.807) is 12.1 Å². The molecule has 0 saturated carbocycles. The molecule has 1 N–H and O–H groups in total. The number of carbonyl (C=O) groups is 1. The van der Waals surface area contributed by atoms with Gasteiger partial charge in [0.05, 0.1) is 5.56 Å². The molecule has 138 valence electrons. The first-order valence-corrected chi connectivity index (χ1v) is 8.14. The molecule has 0 aliphatic heterocycles. The summed E-state index contributed by atoms with van der Waals surface area (Å²) in [5.74, 6) is -0.400. The zero-order valence-electron chi connectivity index (χ0n) is 14.7. The van der Waals surface area contributed by atoms with Crippen LogP contribution < -0.4 is 5.32 Å². The maximum atomic E-state index is 12.7. The third kappa shape index (κ3) is 6.37. The molecule has 6 heteroatoms. The lowest BCUT2D eigenvalue weighted by Crippen LogP contribution is -2.15. The zero-order chi connectivity index (χ0) is 19.2. The fourth-order valence-electron chi connectivity index (χ4n) is 2.28. The average Bonchev–Trinajstić information content (AvgIpc) is 2.59. The van der Waals surface area contributed by atoms with Crippen molar-refractivity contribution in [2.45, 2.75) is 12.6 Å². The number of amides is 1. The van der Waals surface area contributed by atoms with Gasteiger partial charge in [-0.25, -0.2) is 0 Å². The van der Waals surface area contributed by atoms with E-state index < -0.39 is 17.6 Å². The van der Waals surface area contributed by atoms with E-state index in [2.05, 4.69) is 10.2 Å². The van der Waals surface area contributed by atoms with Gasteiger partial charge < -0.3 is 10.2 Å². The third-order valence-electron chi connectivity index (χ3n) is 3.71. The first-order valence-electron chi connectivity index (χ1n) is 8.14. The van der Waals surface area contributed by atoms with Crippen LogP contribution in [0.5, 0.6) is 0 Å². The number of alkyl halides is 3. The largest absolute Gasteiger partial charge is 0.416 e. The van der Waals surface area contributed by atoms with Crippen molar-refractivity contribution in [2.75, 3.05) is 26.0 Å². The highest BCUT2D eigenvalue weighted by Crippen LogP contribution is 2.29. The van der Waals surface area contributed by atoms with Gasteiger partial charge in [0, 0.05) is 18.3 Å². The minimum atomic E-state index is -4.40. The molecule has 2 aromatic carbocycles. The molecular formula is C20H21F3N2O. The molecule has 0 aromatic heterocycles. The maximum Gasteiger partial charge on any atom is 0.416 e. The summed E-state index contributed by atoms with van der Waals surface area (Å²) in [5.41, 5.74) is 1.37. The van der Waals surface area contributed by atoms with E-state index in [0.717, 1.165) is 30.7 Å². The molecule has 0 unspecified atom stereocenters. The van der Waals surface area contributed by atoms with Crippen molar-refractivity contribution < 1.29 is 18.0 Å². The third-order valence-corrected chi connectivity index (χ3v) is 3.71. The second-order valence-corrected chi connectivity index (χ2v) is 6.20. The second kappa shape index (κ2) is 8.67. The van der Waals surface area contributed by atoms with Crippen LogP contribution in [0.4, 0.5) is 18.9 Å². The molecular weight excluding hydrogens is 341 g/mol. The van der Waals surface area contributed by atoms with E-state index >= 15 is 0 Å². The smallest absolute Gasteiger partial charge is 0.323 e. The molecule has 0 saturated heterocycles. The van der Waals surface area contributed by atoms with Crippen LogP contribution in [0.3, 0.4) is 0 Å². The maximum absolute atomic E-state index is 12.7. The summed E-state index contributed by atoms with van der Waals surface area (Å²) in [6.45, 7) is 0.936. The summed E-state index contributed by atoms with van der Waals surface area (Å²) in [5, 5.41) is 2.69. The van der Waals surface area contributed by atoms with Crippen LogP contribution in [0.2, 0.25) is 0 Å². The van der Waals surface area contributed by atoms with Crippen LogP contribution in [0.25, 0.3) is 6.08 Å². The Bertz CT molecular complexity index is 765. The van der Waals surface area contributed by atoms with E-state index in [1.807, 2.05) is 26.2 Å². The highest BCUT2D eigenvalue weighted by atomic mass is 19.4. The van der Waals surface area contributed by atoms with Gasteiger partial charge >= 0.3 is 6.18 Å². The number of hydrogen-bond donors (Lipinski definition) is 1. The Hall–Kier alpha value is -2.60.